The minimum absolute atomic E-state index is 0.170. The number of fused-ring (bicyclic) bond motifs is 1. The summed E-state index contributed by atoms with van der Waals surface area (Å²) in [5, 5.41) is 5.20. The Balaban J connectivity index is 2.04. The lowest BCUT2D eigenvalue weighted by Gasteiger charge is -2.27. The molecule has 0 unspecified atom stereocenters. The number of hydrogen-bond acceptors (Lipinski definition) is 3. The maximum atomic E-state index is 13.7. The number of rotatable bonds is 8. The molecule has 31 heavy (non-hydrogen) atoms. The molecule has 1 amide bonds. The topological polar surface area (TPSA) is 47.6 Å². The van der Waals surface area contributed by atoms with Crippen molar-refractivity contribution in [2.75, 3.05) is 18.5 Å². The van der Waals surface area contributed by atoms with Crippen LogP contribution < -0.4 is 5.32 Å². The average molecular weight is 416 g/mol. The summed E-state index contributed by atoms with van der Waals surface area (Å²) >= 11 is 0. The van der Waals surface area contributed by atoms with Gasteiger partial charge in [-0.3, -0.25) is 4.79 Å². The summed E-state index contributed by atoms with van der Waals surface area (Å²) in [5.74, 6) is 6.12. The van der Waals surface area contributed by atoms with E-state index in [0.717, 1.165) is 22.0 Å². The van der Waals surface area contributed by atoms with Crippen molar-refractivity contribution in [2.24, 2.45) is 0 Å². The normalized spacial score (nSPS) is 12.8. The van der Waals surface area contributed by atoms with Gasteiger partial charge in [0.2, 0.25) is 12.2 Å². The third kappa shape index (κ3) is 5.14. The first-order valence-corrected chi connectivity index (χ1v) is 10.7. The van der Waals surface area contributed by atoms with Crippen molar-refractivity contribution in [3.63, 3.8) is 0 Å². The molecular weight excluding hydrogens is 386 g/mol. The number of nitrogens with one attached hydrogen (secondary N) is 1. The van der Waals surface area contributed by atoms with Crippen molar-refractivity contribution in [1.29, 1.82) is 0 Å². The highest BCUT2D eigenvalue weighted by Gasteiger charge is 2.37. The molecule has 0 fully saturated rings. The Morgan fingerprint density at radius 1 is 0.903 bits per heavy atom. The summed E-state index contributed by atoms with van der Waals surface area (Å²) in [4.78, 5) is 13.7. The molecule has 4 heteroatoms. The number of carbonyl (C=O) groups is 1. The molecule has 0 bridgehead atoms. The predicted octanol–water partition coefficient (Wildman–Crippen LogP) is 5.53. The Bertz CT molecular complexity index is 1060. The van der Waals surface area contributed by atoms with Gasteiger partial charge in [0, 0.05) is 24.3 Å². The van der Waals surface area contributed by atoms with Crippen LogP contribution in [0, 0.1) is 11.8 Å². The molecule has 0 spiro atoms. The Labute approximate surface area is 184 Å². The first-order valence-electron chi connectivity index (χ1n) is 10.7. The van der Waals surface area contributed by atoms with E-state index < -0.39 is 11.7 Å². The molecule has 1 atom stereocenters. The smallest absolute Gasteiger partial charge is 0.247 e. The van der Waals surface area contributed by atoms with E-state index in [2.05, 4.69) is 17.2 Å². The zero-order chi connectivity index (χ0) is 22.1. The van der Waals surface area contributed by atoms with Crippen LogP contribution in [0.2, 0.25) is 0 Å². The van der Waals surface area contributed by atoms with Crippen LogP contribution in [-0.2, 0) is 19.7 Å². The van der Waals surface area contributed by atoms with Gasteiger partial charge in [-0.2, -0.15) is 0 Å². The molecule has 160 valence electrons. The molecule has 0 aromatic heterocycles. The van der Waals surface area contributed by atoms with Crippen LogP contribution in [0.15, 0.2) is 72.8 Å². The SMILES string of the molecule is CCOC(C#C[C@@](CC)(C(=O)Nc1cccc2ccccc12)c1ccccc1)OCC. The van der Waals surface area contributed by atoms with Crippen molar-refractivity contribution in [3.8, 4) is 11.8 Å². The maximum Gasteiger partial charge on any atom is 0.247 e. The zero-order valence-corrected chi connectivity index (χ0v) is 18.4. The Hall–Kier alpha value is -3.13. The minimum Gasteiger partial charge on any atom is -0.342 e. The van der Waals surface area contributed by atoms with Crippen LogP contribution in [-0.4, -0.2) is 25.4 Å². The van der Waals surface area contributed by atoms with Crippen molar-refractivity contribution in [2.45, 2.75) is 38.9 Å². The summed E-state index contributed by atoms with van der Waals surface area (Å²) in [6.45, 7) is 6.72. The van der Waals surface area contributed by atoms with Gasteiger partial charge in [-0.05, 0) is 43.2 Å². The molecule has 1 N–H and O–H groups in total. The van der Waals surface area contributed by atoms with E-state index in [1.807, 2.05) is 93.6 Å². The van der Waals surface area contributed by atoms with Gasteiger partial charge in [0.25, 0.3) is 0 Å². The largest absolute Gasteiger partial charge is 0.342 e. The van der Waals surface area contributed by atoms with Crippen LogP contribution in [0.5, 0.6) is 0 Å². The van der Waals surface area contributed by atoms with E-state index in [1.54, 1.807) is 0 Å². The van der Waals surface area contributed by atoms with E-state index in [-0.39, 0.29) is 5.91 Å². The quantitative estimate of drug-likeness (QED) is 0.389. The molecule has 3 aromatic rings. The summed E-state index contributed by atoms with van der Waals surface area (Å²) in [6.07, 6.45) is -0.166. The molecule has 0 aliphatic carbocycles. The Kier molecular flexibility index (Phi) is 7.83. The molecule has 0 saturated heterocycles. The van der Waals surface area contributed by atoms with E-state index in [9.17, 15) is 4.79 Å². The van der Waals surface area contributed by atoms with Crippen LogP contribution in [0.3, 0.4) is 0 Å². The van der Waals surface area contributed by atoms with Gasteiger partial charge in [0.05, 0.1) is 0 Å². The minimum atomic E-state index is -1.04. The number of carbonyl (C=O) groups excluding carboxylic acids is 1. The third-order valence-corrected chi connectivity index (χ3v) is 5.26. The van der Waals surface area contributed by atoms with Gasteiger partial charge in [0.1, 0.15) is 5.41 Å². The molecule has 4 nitrogen and oxygen atoms in total. The number of amides is 1. The first kappa shape index (κ1) is 22.6. The second kappa shape index (κ2) is 10.8. The summed E-state index contributed by atoms with van der Waals surface area (Å²) in [6, 6.07) is 23.6. The van der Waals surface area contributed by atoms with Crippen LogP contribution in [0.4, 0.5) is 5.69 Å². The summed E-state index contributed by atoms with van der Waals surface area (Å²) in [7, 11) is 0. The van der Waals surface area contributed by atoms with Crippen LogP contribution in [0.1, 0.15) is 32.8 Å². The second-order valence-corrected chi connectivity index (χ2v) is 7.12. The van der Waals surface area contributed by atoms with Crippen molar-refractivity contribution >= 4 is 22.4 Å². The molecule has 3 aromatic carbocycles. The Morgan fingerprint density at radius 2 is 1.55 bits per heavy atom. The third-order valence-electron chi connectivity index (χ3n) is 5.26. The average Bonchev–Trinajstić information content (AvgIpc) is 2.81. The molecule has 0 aliphatic heterocycles. The molecule has 0 aliphatic rings. The lowest BCUT2D eigenvalue weighted by Crippen LogP contribution is -2.39. The van der Waals surface area contributed by atoms with Crippen LogP contribution >= 0.6 is 0 Å². The number of hydrogen-bond donors (Lipinski definition) is 1. The molecule has 0 heterocycles. The number of anilines is 1. The highest BCUT2D eigenvalue weighted by atomic mass is 16.7. The van der Waals surface area contributed by atoms with E-state index in [0.29, 0.717) is 19.6 Å². The number of ether oxygens (including phenoxy) is 2. The maximum absolute atomic E-state index is 13.7. The van der Waals surface area contributed by atoms with Gasteiger partial charge >= 0.3 is 0 Å². The van der Waals surface area contributed by atoms with Crippen LogP contribution in [0.25, 0.3) is 10.8 Å². The first-order chi connectivity index (χ1) is 15.1. The predicted molar refractivity (Wildman–Crippen MR) is 126 cm³/mol. The standard InChI is InChI=1S/C27H29NO3/c1-4-27(22-15-8-7-9-16-22,20-19-25(30-5-2)31-6-3)26(29)28-24-18-12-14-21-13-10-11-17-23(21)24/h7-18,25H,4-6H2,1-3H3,(H,28,29)/t27-/m1/s1. The fourth-order valence-corrected chi connectivity index (χ4v) is 3.62. The van der Waals surface area contributed by atoms with Crippen molar-refractivity contribution in [1.82, 2.24) is 0 Å². The highest BCUT2D eigenvalue weighted by Crippen LogP contribution is 2.31. The van der Waals surface area contributed by atoms with Gasteiger partial charge in [0.15, 0.2) is 0 Å². The lowest BCUT2D eigenvalue weighted by molar-refractivity contribution is -0.119. The molecule has 0 radical (unpaired) electrons. The lowest BCUT2D eigenvalue weighted by atomic mass is 9.77. The van der Waals surface area contributed by atoms with Gasteiger partial charge in [-0.1, -0.05) is 79.6 Å². The zero-order valence-electron chi connectivity index (χ0n) is 18.4. The highest BCUT2D eigenvalue weighted by molar-refractivity contribution is 6.07. The molecular formula is C27H29NO3. The summed E-state index contributed by atoms with van der Waals surface area (Å²) in [5.41, 5.74) is 0.573. The van der Waals surface area contributed by atoms with Gasteiger partial charge in [-0.15, -0.1) is 0 Å². The fraction of sp³-hybridized carbons (Fsp3) is 0.296. The van der Waals surface area contributed by atoms with Crippen molar-refractivity contribution in [3.05, 3.63) is 78.4 Å². The van der Waals surface area contributed by atoms with E-state index in [1.165, 1.54) is 0 Å². The van der Waals surface area contributed by atoms with E-state index >= 15 is 0 Å². The van der Waals surface area contributed by atoms with E-state index in [4.69, 9.17) is 9.47 Å². The van der Waals surface area contributed by atoms with Gasteiger partial charge in [-0.25, -0.2) is 0 Å². The number of benzene rings is 3. The Morgan fingerprint density at radius 3 is 2.23 bits per heavy atom. The summed E-state index contributed by atoms with van der Waals surface area (Å²) < 4.78 is 11.2. The van der Waals surface area contributed by atoms with Crippen molar-refractivity contribution < 1.29 is 14.3 Å². The second-order valence-electron chi connectivity index (χ2n) is 7.12. The van der Waals surface area contributed by atoms with Gasteiger partial charge < -0.3 is 14.8 Å². The fourth-order valence-electron chi connectivity index (χ4n) is 3.62. The molecule has 3 rings (SSSR count). The monoisotopic (exact) mass is 415 g/mol. The molecule has 0 saturated carbocycles.